The second kappa shape index (κ2) is 6.84. The van der Waals surface area contributed by atoms with Crippen LogP contribution < -0.4 is 25.3 Å². The van der Waals surface area contributed by atoms with Crippen molar-refractivity contribution in [3.8, 4) is 17.2 Å². The third kappa shape index (κ3) is 3.51. The fraction of sp³-hybridized carbons (Fsp3) is 0.462. The maximum atomic E-state index is 11.5. The summed E-state index contributed by atoms with van der Waals surface area (Å²) in [4.78, 5) is 11.5. The van der Waals surface area contributed by atoms with Gasteiger partial charge >= 0.3 is 0 Å². The Labute approximate surface area is 112 Å². The van der Waals surface area contributed by atoms with Crippen LogP contribution in [0.25, 0.3) is 0 Å². The first-order valence-corrected chi connectivity index (χ1v) is 5.83. The van der Waals surface area contributed by atoms with Gasteiger partial charge in [-0.25, -0.2) is 0 Å². The molecule has 0 bridgehead atoms. The minimum Gasteiger partial charge on any atom is -0.496 e. The summed E-state index contributed by atoms with van der Waals surface area (Å²) in [5.74, 6) is 1.54. The molecule has 0 radical (unpaired) electrons. The molecule has 0 aromatic heterocycles. The van der Waals surface area contributed by atoms with Gasteiger partial charge in [0.1, 0.15) is 17.2 Å². The number of hydrogen-bond donors (Lipinski definition) is 2. The van der Waals surface area contributed by atoms with Crippen molar-refractivity contribution >= 4 is 5.91 Å². The molecule has 1 atom stereocenters. The first-order valence-electron chi connectivity index (χ1n) is 5.83. The molecule has 1 aromatic carbocycles. The molecular weight excluding hydrogens is 248 g/mol. The van der Waals surface area contributed by atoms with E-state index >= 15 is 0 Å². The van der Waals surface area contributed by atoms with Crippen molar-refractivity contribution in [1.82, 2.24) is 5.32 Å². The number of methoxy groups -OCH3 is 3. The summed E-state index contributed by atoms with van der Waals surface area (Å²) in [7, 11) is 6.20. The molecule has 6 nitrogen and oxygen atoms in total. The Balaban J connectivity index is 3.13. The number of hydrogen-bond acceptors (Lipinski definition) is 5. The summed E-state index contributed by atoms with van der Waals surface area (Å²) in [5.41, 5.74) is 6.56. The Morgan fingerprint density at radius 1 is 1.21 bits per heavy atom. The van der Waals surface area contributed by atoms with Crippen molar-refractivity contribution in [3.63, 3.8) is 0 Å². The first-order chi connectivity index (χ1) is 9.07. The Hall–Kier alpha value is -1.95. The van der Waals surface area contributed by atoms with Gasteiger partial charge in [-0.2, -0.15) is 0 Å². The van der Waals surface area contributed by atoms with Crippen LogP contribution in [0.2, 0.25) is 0 Å². The van der Waals surface area contributed by atoms with Gasteiger partial charge in [0, 0.05) is 31.2 Å². The summed E-state index contributed by atoms with van der Waals surface area (Å²) >= 11 is 0. The molecule has 106 valence electrons. The highest BCUT2D eigenvalue weighted by atomic mass is 16.5. The molecule has 19 heavy (non-hydrogen) atoms. The van der Waals surface area contributed by atoms with Crippen LogP contribution in [0.3, 0.4) is 0 Å². The van der Waals surface area contributed by atoms with Crippen LogP contribution in [0.1, 0.15) is 5.56 Å². The van der Waals surface area contributed by atoms with E-state index in [2.05, 4.69) is 5.32 Å². The summed E-state index contributed by atoms with van der Waals surface area (Å²) in [6, 6.07) is 2.80. The molecule has 0 aliphatic carbocycles. The summed E-state index contributed by atoms with van der Waals surface area (Å²) < 4.78 is 15.8. The number of ether oxygens (including phenoxy) is 3. The Morgan fingerprint density at radius 3 is 2.11 bits per heavy atom. The standard InChI is InChI=1S/C13H20N2O4/c1-15-13(16)10(14)7-9-11(18-3)5-8(17-2)6-12(9)19-4/h5-6,10H,7,14H2,1-4H3,(H,15,16). The second-order valence-electron chi connectivity index (χ2n) is 3.94. The van der Waals surface area contributed by atoms with Gasteiger partial charge in [0.15, 0.2) is 0 Å². The maximum Gasteiger partial charge on any atom is 0.237 e. The van der Waals surface area contributed by atoms with Crippen molar-refractivity contribution in [2.24, 2.45) is 5.73 Å². The quantitative estimate of drug-likeness (QED) is 0.777. The van der Waals surface area contributed by atoms with Crippen LogP contribution in [0.5, 0.6) is 17.2 Å². The molecule has 0 fully saturated rings. The highest BCUT2D eigenvalue weighted by molar-refractivity contribution is 5.81. The molecule has 1 rings (SSSR count). The van der Waals surface area contributed by atoms with Crippen molar-refractivity contribution in [2.45, 2.75) is 12.5 Å². The van der Waals surface area contributed by atoms with E-state index in [9.17, 15) is 4.79 Å². The summed E-state index contributed by atoms with van der Waals surface area (Å²) in [5, 5.41) is 2.51. The molecule has 1 aromatic rings. The summed E-state index contributed by atoms with van der Waals surface area (Å²) in [6.07, 6.45) is 0.315. The molecule has 3 N–H and O–H groups in total. The SMILES string of the molecule is CNC(=O)C(N)Cc1c(OC)cc(OC)cc1OC. The third-order valence-corrected chi connectivity index (χ3v) is 2.82. The lowest BCUT2D eigenvalue weighted by Crippen LogP contribution is -2.40. The number of nitrogens with one attached hydrogen (secondary N) is 1. The largest absolute Gasteiger partial charge is 0.496 e. The number of nitrogens with two attached hydrogens (primary N) is 1. The molecule has 0 saturated carbocycles. The van der Waals surface area contributed by atoms with Crippen LogP contribution in [0.15, 0.2) is 12.1 Å². The molecular formula is C13H20N2O4. The van der Waals surface area contributed by atoms with Gasteiger partial charge in [-0.05, 0) is 0 Å². The Kier molecular flexibility index (Phi) is 5.44. The minimum absolute atomic E-state index is 0.236. The van der Waals surface area contributed by atoms with E-state index in [1.807, 2.05) is 0 Å². The normalized spacial score (nSPS) is 11.6. The Morgan fingerprint density at radius 2 is 1.74 bits per heavy atom. The zero-order valence-electron chi connectivity index (χ0n) is 11.6. The van der Waals surface area contributed by atoms with E-state index < -0.39 is 6.04 Å². The lowest BCUT2D eigenvalue weighted by Gasteiger charge is -2.17. The maximum absolute atomic E-state index is 11.5. The van der Waals surface area contributed by atoms with Gasteiger partial charge in [-0.3, -0.25) is 4.79 Å². The fourth-order valence-corrected chi connectivity index (χ4v) is 1.78. The van der Waals surface area contributed by atoms with Gasteiger partial charge in [0.05, 0.1) is 27.4 Å². The van der Waals surface area contributed by atoms with Gasteiger partial charge in [0.2, 0.25) is 5.91 Å². The number of amides is 1. The average Bonchev–Trinajstić information content (AvgIpc) is 2.45. The van der Waals surface area contributed by atoms with Gasteiger partial charge in [-0.15, -0.1) is 0 Å². The van der Waals surface area contributed by atoms with Crippen molar-refractivity contribution < 1.29 is 19.0 Å². The lowest BCUT2D eigenvalue weighted by molar-refractivity contribution is -0.121. The molecule has 6 heteroatoms. The second-order valence-corrected chi connectivity index (χ2v) is 3.94. The summed E-state index contributed by atoms with van der Waals surface area (Å²) in [6.45, 7) is 0. The van der Waals surface area contributed by atoms with E-state index in [4.69, 9.17) is 19.9 Å². The van der Waals surface area contributed by atoms with E-state index in [0.717, 1.165) is 5.56 Å². The van der Waals surface area contributed by atoms with Crippen molar-refractivity contribution in [3.05, 3.63) is 17.7 Å². The Bertz CT molecular complexity index is 423. The minimum atomic E-state index is -0.666. The predicted molar refractivity (Wildman–Crippen MR) is 71.8 cm³/mol. The van der Waals surface area contributed by atoms with Crippen LogP contribution in [0.4, 0.5) is 0 Å². The van der Waals surface area contributed by atoms with Crippen LogP contribution in [-0.4, -0.2) is 40.3 Å². The van der Waals surface area contributed by atoms with Crippen LogP contribution in [-0.2, 0) is 11.2 Å². The highest BCUT2D eigenvalue weighted by Gasteiger charge is 2.19. The van der Waals surface area contributed by atoms with Gasteiger partial charge < -0.3 is 25.3 Å². The molecule has 0 heterocycles. The number of benzene rings is 1. The lowest BCUT2D eigenvalue weighted by atomic mass is 10.0. The predicted octanol–water partition coefficient (Wildman–Crippen LogP) is 0.328. The number of carbonyl (C=O) groups is 1. The van der Waals surface area contributed by atoms with Crippen LogP contribution in [0, 0.1) is 0 Å². The smallest absolute Gasteiger partial charge is 0.237 e. The average molecular weight is 268 g/mol. The molecule has 1 unspecified atom stereocenters. The highest BCUT2D eigenvalue weighted by Crippen LogP contribution is 2.34. The van der Waals surface area contributed by atoms with E-state index in [-0.39, 0.29) is 5.91 Å². The van der Waals surface area contributed by atoms with E-state index in [0.29, 0.717) is 23.7 Å². The zero-order valence-corrected chi connectivity index (χ0v) is 11.6. The first kappa shape index (κ1) is 15.1. The monoisotopic (exact) mass is 268 g/mol. The van der Waals surface area contributed by atoms with Crippen molar-refractivity contribution in [2.75, 3.05) is 28.4 Å². The molecule has 1 amide bonds. The van der Waals surface area contributed by atoms with Gasteiger partial charge in [0.25, 0.3) is 0 Å². The topological polar surface area (TPSA) is 82.8 Å². The third-order valence-electron chi connectivity index (χ3n) is 2.82. The van der Waals surface area contributed by atoms with E-state index in [1.165, 1.54) is 0 Å². The molecule has 0 spiro atoms. The molecule has 0 saturated heterocycles. The van der Waals surface area contributed by atoms with E-state index in [1.54, 1.807) is 40.5 Å². The molecule has 0 aliphatic heterocycles. The molecule has 0 aliphatic rings. The van der Waals surface area contributed by atoms with Crippen LogP contribution >= 0.6 is 0 Å². The fourth-order valence-electron chi connectivity index (χ4n) is 1.78. The number of likely N-dealkylation sites (N-methyl/N-ethyl adjacent to an activating group) is 1. The zero-order chi connectivity index (χ0) is 14.4. The number of carbonyl (C=O) groups excluding carboxylic acids is 1. The van der Waals surface area contributed by atoms with Gasteiger partial charge in [-0.1, -0.05) is 0 Å². The van der Waals surface area contributed by atoms with Crippen molar-refractivity contribution in [1.29, 1.82) is 0 Å². The number of rotatable bonds is 6.